The number of amides is 2. The minimum atomic E-state index is -4.77. The fraction of sp³-hybridized carbons (Fsp3) is 0.414. The van der Waals surface area contributed by atoms with Gasteiger partial charge in [0.1, 0.15) is 0 Å². The van der Waals surface area contributed by atoms with E-state index in [2.05, 4.69) is 34.1 Å². The minimum Gasteiger partial charge on any atom is -0.369 e. The highest BCUT2D eigenvalue weighted by atomic mass is 19.4. The number of benzene rings is 2. The Morgan fingerprint density at radius 3 is 2.21 bits per heavy atom. The van der Waals surface area contributed by atoms with Gasteiger partial charge in [-0.15, -0.1) is 0 Å². The van der Waals surface area contributed by atoms with Gasteiger partial charge in [0.15, 0.2) is 0 Å². The Labute approximate surface area is 220 Å². The number of imide groups is 1. The van der Waals surface area contributed by atoms with E-state index < -0.39 is 29.1 Å². The Hall–Kier alpha value is -3.64. The van der Waals surface area contributed by atoms with Crippen molar-refractivity contribution in [3.8, 4) is 6.07 Å². The van der Waals surface area contributed by atoms with Gasteiger partial charge in [-0.3, -0.25) is 14.5 Å². The monoisotopic (exact) mass is 524 g/mol. The lowest BCUT2D eigenvalue weighted by atomic mass is 10.0. The zero-order valence-electron chi connectivity index (χ0n) is 21.4. The summed E-state index contributed by atoms with van der Waals surface area (Å²) in [7, 11) is 0. The molecule has 1 saturated heterocycles. The van der Waals surface area contributed by atoms with Crippen molar-refractivity contribution < 1.29 is 22.8 Å². The number of hydrogen-bond acceptors (Lipinski definition) is 5. The van der Waals surface area contributed by atoms with Crippen LogP contribution in [0.4, 0.5) is 24.5 Å². The first-order chi connectivity index (χ1) is 18.2. The SMILES string of the molecule is CC1=C(CCCCCCN2CCN(c3ccccc3)CC2)C(=O)N(c2ccc(C#N)c(C(F)(F)F)c2)C1=O. The average Bonchev–Trinajstić information content (AvgIpc) is 3.13. The standard InChI is InChI=1S/C29H31F3N4O2/c1-21-25(28(38)36(27(21)37)24-13-12-22(20-33)26(19-24)29(30,31)32)11-7-2-3-8-14-34-15-17-35(18-16-34)23-9-5-4-6-10-23/h4-6,9-10,12-13,19H,2-3,7-8,11,14-18H2,1H3. The summed E-state index contributed by atoms with van der Waals surface area (Å²) in [6.07, 6.45) is -0.686. The third kappa shape index (κ3) is 6.08. The van der Waals surface area contributed by atoms with E-state index in [0.29, 0.717) is 18.1 Å². The van der Waals surface area contributed by atoms with Crippen molar-refractivity contribution >= 4 is 23.2 Å². The molecule has 4 rings (SSSR count). The predicted molar refractivity (Wildman–Crippen MR) is 140 cm³/mol. The largest absolute Gasteiger partial charge is 0.417 e. The molecule has 2 heterocycles. The highest BCUT2D eigenvalue weighted by Gasteiger charge is 2.39. The summed E-state index contributed by atoms with van der Waals surface area (Å²) in [6.45, 7) is 6.63. The number of rotatable bonds is 9. The van der Waals surface area contributed by atoms with E-state index in [0.717, 1.165) is 69.4 Å². The van der Waals surface area contributed by atoms with Gasteiger partial charge >= 0.3 is 6.18 Å². The number of alkyl halides is 3. The second kappa shape index (κ2) is 11.8. The summed E-state index contributed by atoms with van der Waals surface area (Å²) < 4.78 is 40.1. The molecule has 0 aliphatic carbocycles. The molecule has 0 N–H and O–H groups in total. The predicted octanol–water partition coefficient (Wildman–Crippen LogP) is 5.54. The maximum absolute atomic E-state index is 13.4. The van der Waals surface area contributed by atoms with Gasteiger partial charge < -0.3 is 4.90 Å². The molecule has 1 fully saturated rings. The number of carbonyl (C=O) groups excluding carboxylic acids is 2. The van der Waals surface area contributed by atoms with Crippen LogP contribution in [0.1, 0.15) is 50.2 Å². The van der Waals surface area contributed by atoms with Gasteiger partial charge in [-0.1, -0.05) is 31.0 Å². The molecule has 0 spiro atoms. The molecular weight excluding hydrogens is 493 g/mol. The Balaban J connectivity index is 1.23. The van der Waals surface area contributed by atoms with Crippen molar-refractivity contribution in [1.29, 1.82) is 5.26 Å². The molecule has 2 aromatic rings. The molecule has 38 heavy (non-hydrogen) atoms. The van der Waals surface area contributed by atoms with Crippen LogP contribution in [0.15, 0.2) is 59.7 Å². The van der Waals surface area contributed by atoms with Crippen LogP contribution in [0.3, 0.4) is 0 Å². The zero-order chi connectivity index (χ0) is 27.3. The number of halogens is 3. The average molecular weight is 525 g/mol. The van der Waals surface area contributed by atoms with Crippen LogP contribution in [0, 0.1) is 11.3 Å². The van der Waals surface area contributed by atoms with Gasteiger partial charge in [0.2, 0.25) is 0 Å². The van der Waals surface area contributed by atoms with Gasteiger partial charge in [-0.2, -0.15) is 18.4 Å². The van der Waals surface area contributed by atoms with Crippen LogP contribution in [0.2, 0.25) is 0 Å². The number of anilines is 2. The van der Waals surface area contributed by atoms with Crippen LogP contribution < -0.4 is 9.80 Å². The maximum atomic E-state index is 13.4. The molecule has 2 aromatic carbocycles. The van der Waals surface area contributed by atoms with E-state index in [9.17, 15) is 22.8 Å². The molecule has 0 aromatic heterocycles. The Morgan fingerprint density at radius 2 is 1.55 bits per heavy atom. The lowest BCUT2D eigenvalue weighted by Crippen LogP contribution is -2.46. The molecule has 2 aliphatic heterocycles. The third-order valence-electron chi connectivity index (χ3n) is 7.27. The number of nitrogens with zero attached hydrogens (tertiary/aromatic N) is 4. The van der Waals surface area contributed by atoms with Gasteiger partial charge in [-0.05, 0) is 63.1 Å². The third-order valence-corrected chi connectivity index (χ3v) is 7.27. The number of nitriles is 1. The van der Waals surface area contributed by atoms with E-state index in [-0.39, 0.29) is 11.3 Å². The van der Waals surface area contributed by atoms with Crippen molar-refractivity contribution in [3.63, 3.8) is 0 Å². The van der Waals surface area contributed by atoms with Crippen LogP contribution in [-0.4, -0.2) is 49.4 Å². The summed E-state index contributed by atoms with van der Waals surface area (Å²) in [4.78, 5) is 31.4. The van der Waals surface area contributed by atoms with E-state index in [1.165, 1.54) is 17.8 Å². The highest BCUT2D eigenvalue weighted by molar-refractivity contribution is 6.32. The molecule has 0 radical (unpaired) electrons. The molecule has 200 valence electrons. The molecule has 0 atom stereocenters. The summed E-state index contributed by atoms with van der Waals surface area (Å²) in [6, 6.07) is 14.8. The molecule has 0 unspecified atom stereocenters. The first-order valence-corrected chi connectivity index (χ1v) is 12.9. The molecule has 2 aliphatic rings. The number of piperazine rings is 1. The van der Waals surface area contributed by atoms with Gasteiger partial charge in [-0.25, -0.2) is 4.90 Å². The molecule has 0 bridgehead atoms. The lowest BCUT2D eigenvalue weighted by Gasteiger charge is -2.36. The fourth-order valence-corrected chi connectivity index (χ4v) is 5.08. The van der Waals surface area contributed by atoms with E-state index in [1.54, 1.807) is 6.92 Å². The van der Waals surface area contributed by atoms with Crippen LogP contribution >= 0.6 is 0 Å². The molecule has 0 saturated carbocycles. The quantitative estimate of drug-likeness (QED) is 0.318. The second-order valence-corrected chi connectivity index (χ2v) is 9.72. The zero-order valence-corrected chi connectivity index (χ0v) is 21.4. The first kappa shape index (κ1) is 27.4. The fourth-order valence-electron chi connectivity index (χ4n) is 5.08. The van der Waals surface area contributed by atoms with Crippen molar-refractivity contribution in [2.24, 2.45) is 0 Å². The van der Waals surface area contributed by atoms with Gasteiger partial charge in [0, 0.05) is 43.0 Å². The maximum Gasteiger partial charge on any atom is 0.417 e. The Kier molecular flexibility index (Phi) is 8.52. The summed E-state index contributed by atoms with van der Waals surface area (Å²) in [5.74, 6) is -1.20. The topological polar surface area (TPSA) is 67.7 Å². The Morgan fingerprint density at radius 1 is 0.868 bits per heavy atom. The van der Waals surface area contributed by atoms with Crippen molar-refractivity contribution in [3.05, 3.63) is 70.8 Å². The number of hydrogen-bond donors (Lipinski definition) is 0. The smallest absolute Gasteiger partial charge is 0.369 e. The van der Waals surface area contributed by atoms with Crippen LogP contribution in [-0.2, 0) is 15.8 Å². The first-order valence-electron chi connectivity index (χ1n) is 12.9. The molecular formula is C29H31F3N4O2. The van der Waals surface area contributed by atoms with Crippen LogP contribution in [0.5, 0.6) is 0 Å². The minimum absolute atomic E-state index is 0.173. The van der Waals surface area contributed by atoms with Gasteiger partial charge in [0.25, 0.3) is 11.8 Å². The van der Waals surface area contributed by atoms with E-state index in [4.69, 9.17) is 5.26 Å². The van der Waals surface area contributed by atoms with Crippen LogP contribution in [0.25, 0.3) is 0 Å². The molecule has 9 heteroatoms. The normalized spacial score (nSPS) is 16.9. The molecule has 2 amide bonds. The van der Waals surface area contributed by atoms with Crippen molar-refractivity contribution in [1.82, 2.24) is 4.90 Å². The molecule has 6 nitrogen and oxygen atoms in total. The lowest BCUT2D eigenvalue weighted by molar-refractivity contribution is -0.138. The van der Waals surface area contributed by atoms with Gasteiger partial charge in [0.05, 0.1) is 22.9 Å². The van der Waals surface area contributed by atoms with Crippen molar-refractivity contribution in [2.75, 3.05) is 42.5 Å². The summed E-state index contributed by atoms with van der Waals surface area (Å²) in [5, 5.41) is 9.00. The highest BCUT2D eigenvalue weighted by Crippen LogP contribution is 2.37. The number of carbonyl (C=O) groups is 2. The number of unbranched alkanes of at least 4 members (excludes halogenated alkanes) is 3. The summed E-state index contributed by atoms with van der Waals surface area (Å²) >= 11 is 0. The van der Waals surface area contributed by atoms with E-state index >= 15 is 0 Å². The summed E-state index contributed by atoms with van der Waals surface area (Å²) in [5.41, 5.74) is -0.00794. The second-order valence-electron chi connectivity index (χ2n) is 9.72. The number of para-hydroxylation sites is 1. The van der Waals surface area contributed by atoms with E-state index in [1.807, 2.05) is 6.07 Å². The van der Waals surface area contributed by atoms with Crippen molar-refractivity contribution in [2.45, 2.75) is 45.2 Å². The Bertz CT molecular complexity index is 1240.